The summed E-state index contributed by atoms with van der Waals surface area (Å²) >= 11 is 1.11. The van der Waals surface area contributed by atoms with Crippen LogP contribution in [0.15, 0.2) is 52.5 Å². The van der Waals surface area contributed by atoms with Crippen LogP contribution < -0.4 is 10.1 Å². The van der Waals surface area contributed by atoms with Crippen molar-refractivity contribution >= 4 is 39.8 Å². The van der Waals surface area contributed by atoms with E-state index < -0.39 is 24.5 Å². The molecule has 1 aliphatic rings. The number of aromatic nitrogens is 2. The Bertz CT molecular complexity index is 1320. The van der Waals surface area contributed by atoms with Gasteiger partial charge in [-0.25, -0.2) is 0 Å². The van der Waals surface area contributed by atoms with Crippen LogP contribution in [0, 0.1) is 0 Å². The molecule has 0 bridgehead atoms. The number of halogens is 3. The zero-order valence-electron chi connectivity index (χ0n) is 18.4. The fourth-order valence-electron chi connectivity index (χ4n) is 3.47. The molecule has 1 amide bonds. The van der Waals surface area contributed by atoms with Gasteiger partial charge in [-0.2, -0.15) is 18.3 Å². The molecule has 1 aromatic heterocycles. The van der Waals surface area contributed by atoms with E-state index in [1.54, 1.807) is 30.5 Å². The molecule has 0 aliphatic carbocycles. The first-order chi connectivity index (χ1) is 16.7. The Balaban J connectivity index is 1.57. The van der Waals surface area contributed by atoms with Crippen molar-refractivity contribution in [3.63, 3.8) is 0 Å². The molecule has 12 heteroatoms. The minimum absolute atomic E-state index is 0.0399. The lowest BCUT2D eigenvalue weighted by atomic mass is 10.1. The number of fused-ring (bicyclic) bond motifs is 1. The summed E-state index contributed by atoms with van der Waals surface area (Å²) in [4.78, 5) is 16.7. The SMILES string of the molecule is COc1ccc(Cn2ncc3cc(C=C4SC(=NCC(O)CO)NC4=O)ccc32)c(C(F)(F)F)c1. The van der Waals surface area contributed by atoms with Gasteiger partial charge in [-0.1, -0.05) is 12.1 Å². The number of benzene rings is 2. The van der Waals surface area contributed by atoms with Gasteiger partial charge < -0.3 is 20.3 Å². The van der Waals surface area contributed by atoms with Gasteiger partial charge in [0.2, 0.25) is 0 Å². The largest absolute Gasteiger partial charge is 0.497 e. The number of ether oxygens (including phenoxy) is 1. The normalized spacial score (nSPS) is 17.4. The molecule has 1 atom stereocenters. The number of carbonyl (C=O) groups excluding carboxylic acids is 1. The van der Waals surface area contributed by atoms with Gasteiger partial charge in [-0.15, -0.1) is 0 Å². The van der Waals surface area contributed by atoms with E-state index in [2.05, 4.69) is 15.4 Å². The van der Waals surface area contributed by atoms with E-state index in [-0.39, 0.29) is 30.3 Å². The van der Waals surface area contributed by atoms with Gasteiger partial charge in [-0.05, 0) is 53.2 Å². The van der Waals surface area contributed by atoms with E-state index in [4.69, 9.17) is 9.84 Å². The fourth-order valence-corrected chi connectivity index (χ4v) is 4.30. The van der Waals surface area contributed by atoms with Crippen LogP contribution >= 0.6 is 11.8 Å². The number of hydrogen-bond donors (Lipinski definition) is 3. The number of aliphatic hydroxyl groups is 2. The lowest BCUT2D eigenvalue weighted by Crippen LogP contribution is -2.22. The summed E-state index contributed by atoms with van der Waals surface area (Å²) in [7, 11) is 1.31. The van der Waals surface area contributed by atoms with Crippen LogP contribution in [0.25, 0.3) is 17.0 Å². The highest BCUT2D eigenvalue weighted by molar-refractivity contribution is 8.18. The molecule has 1 fully saturated rings. The quantitative estimate of drug-likeness (QED) is 0.425. The number of rotatable bonds is 7. The molecule has 1 saturated heterocycles. The molecule has 2 heterocycles. The predicted octanol–water partition coefficient (Wildman–Crippen LogP) is 3.03. The Morgan fingerprint density at radius 3 is 2.80 bits per heavy atom. The molecule has 1 aliphatic heterocycles. The van der Waals surface area contributed by atoms with Gasteiger partial charge in [0.05, 0.1) is 55.1 Å². The second kappa shape index (κ2) is 10.1. The summed E-state index contributed by atoms with van der Waals surface area (Å²) < 4.78 is 47.1. The highest BCUT2D eigenvalue weighted by atomic mass is 32.2. The fraction of sp³-hybridized carbons (Fsp3) is 0.261. The lowest BCUT2D eigenvalue weighted by molar-refractivity contribution is -0.138. The number of amidine groups is 1. The second-order valence-electron chi connectivity index (χ2n) is 7.69. The first-order valence-electron chi connectivity index (χ1n) is 10.4. The van der Waals surface area contributed by atoms with Gasteiger partial charge >= 0.3 is 6.18 Å². The maximum Gasteiger partial charge on any atom is 0.416 e. The minimum atomic E-state index is -4.54. The van der Waals surface area contributed by atoms with E-state index in [1.165, 1.54) is 23.9 Å². The van der Waals surface area contributed by atoms with Crippen molar-refractivity contribution in [1.82, 2.24) is 15.1 Å². The molecule has 0 spiro atoms. The molecule has 8 nitrogen and oxygen atoms in total. The molecular formula is C23H21F3N4O4S. The first-order valence-corrected chi connectivity index (χ1v) is 11.2. The highest BCUT2D eigenvalue weighted by Gasteiger charge is 2.34. The summed E-state index contributed by atoms with van der Waals surface area (Å²) in [6, 6.07) is 9.08. The predicted molar refractivity (Wildman–Crippen MR) is 126 cm³/mol. The second-order valence-corrected chi connectivity index (χ2v) is 8.72. The summed E-state index contributed by atoms with van der Waals surface area (Å²) in [5.41, 5.74) is 0.619. The molecule has 1 unspecified atom stereocenters. The average Bonchev–Trinajstić information content (AvgIpc) is 3.39. The number of alkyl halides is 3. The van der Waals surface area contributed by atoms with E-state index >= 15 is 0 Å². The van der Waals surface area contributed by atoms with Crippen molar-refractivity contribution in [2.24, 2.45) is 4.99 Å². The number of carbonyl (C=O) groups is 1. The summed E-state index contributed by atoms with van der Waals surface area (Å²) in [5, 5.41) is 26.1. The highest BCUT2D eigenvalue weighted by Crippen LogP contribution is 2.35. The van der Waals surface area contributed by atoms with Crippen molar-refractivity contribution < 1.29 is 32.9 Å². The molecule has 35 heavy (non-hydrogen) atoms. The van der Waals surface area contributed by atoms with Crippen LogP contribution in [0.5, 0.6) is 5.75 Å². The van der Waals surface area contributed by atoms with Gasteiger partial charge in [0, 0.05) is 5.39 Å². The number of aliphatic imine (C=N–C) groups is 1. The number of aliphatic hydroxyl groups excluding tert-OH is 2. The molecule has 184 valence electrons. The molecule has 0 saturated carbocycles. The number of hydrogen-bond acceptors (Lipinski definition) is 7. The van der Waals surface area contributed by atoms with Crippen molar-refractivity contribution in [1.29, 1.82) is 0 Å². The number of methoxy groups -OCH3 is 1. The third-order valence-corrected chi connectivity index (χ3v) is 6.16. The Morgan fingerprint density at radius 1 is 1.29 bits per heavy atom. The molecule has 3 aromatic rings. The molecular weight excluding hydrogens is 485 g/mol. The van der Waals surface area contributed by atoms with Crippen molar-refractivity contribution in [2.75, 3.05) is 20.3 Å². The summed E-state index contributed by atoms with van der Waals surface area (Å²) in [6.45, 7) is -0.551. The molecule has 4 rings (SSSR count). The molecule has 0 radical (unpaired) electrons. The van der Waals surface area contributed by atoms with E-state index in [0.29, 0.717) is 26.5 Å². The third-order valence-electron chi connectivity index (χ3n) is 5.21. The topological polar surface area (TPSA) is 109 Å². The number of nitrogens with one attached hydrogen (secondary N) is 1. The maximum atomic E-state index is 13.6. The standard InChI is InChI=1S/C23H21F3N4O4S/c1-34-17-4-3-14(18(8-17)23(24,25)26)11-30-19-5-2-13(6-15(19)9-28-30)7-20-21(33)29-22(35-20)27-10-16(32)12-31/h2-9,16,31-32H,10-12H2,1H3,(H,27,29,33). The van der Waals surface area contributed by atoms with Crippen LogP contribution in [0.1, 0.15) is 16.7 Å². The van der Waals surface area contributed by atoms with Crippen molar-refractivity contribution in [3.05, 3.63) is 64.2 Å². The Hall–Kier alpha value is -3.35. The number of thioether (sulfide) groups is 1. The van der Waals surface area contributed by atoms with Crippen LogP contribution in [0.3, 0.4) is 0 Å². The molecule has 2 aromatic carbocycles. The Kier molecular flexibility index (Phi) is 7.15. The number of amides is 1. The van der Waals surface area contributed by atoms with Gasteiger partial charge in [-0.3, -0.25) is 14.5 Å². The van der Waals surface area contributed by atoms with E-state index in [9.17, 15) is 23.1 Å². The van der Waals surface area contributed by atoms with Gasteiger partial charge in [0.25, 0.3) is 5.91 Å². The number of nitrogens with zero attached hydrogens (tertiary/aromatic N) is 3. The van der Waals surface area contributed by atoms with E-state index in [1.807, 2.05) is 0 Å². The van der Waals surface area contributed by atoms with Crippen LogP contribution in [-0.2, 0) is 17.5 Å². The monoisotopic (exact) mass is 506 g/mol. The Labute approximate surface area is 202 Å². The average molecular weight is 507 g/mol. The van der Waals surface area contributed by atoms with Crippen molar-refractivity contribution in [3.8, 4) is 5.75 Å². The van der Waals surface area contributed by atoms with E-state index in [0.717, 1.165) is 17.8 Å². The summed E-state index contributed by atoms with van der Waals surface area (Å²) in [5.74, 6) is -0.224. The minimum Gasteiger partial charge on any atom is -0.497 e. The van der Waals surface area contributed by atoms with Crippen LogP contribution in [0.4, 0.5) is 13.2 Å². The maximum absolute atomic E-state index is 13.6. The van der Waals surface area contributed by atoms with Crippen LogP contribution in [0.2, 0.25) is 0 Å². The van der Waals surface area contributed by atoms with Gasteiger partial charge in [0.15, 0.2) is 5.17 Å². The van der Waals surface area contributed by atoms with Gasteiger partial charge in [0.1, 0.15) is 5.75 Å². The molecule has 3 N–H and O–H groups in total. The zero-order chi connectivity index (χ0) is 25.2. The summed E-state index contributed by atoms with van der Waals surface area (Å²) in [6.07, 6.45) is -2.33. The first kappa shape index (κ1) is 24.8. The van der Waals surface area contributed by atoms with Crippen LogP contribution in [-0.4, -0.2) is 57.4 Å². The smallest absolute Gasteiger partial charge is 0.416 e. The lowest BCUT2D eigenvalue weighted by Gasteiger charge is -2.14. The Morgan fingerprint density at radius 2 is 2.09 bits per heavy atom. The zero-order valence-corrected chi connectivity index (χ0v) is 19.2. The third kappa shape index (κ3) is 5.66. The van der Waals surface area contributed by atoms with Crippen molar-refractivity contribution in [2.45, 2.75) is 18.8 Å².